The highest BCUT2D eigenvalue weighted by Crippen LogP contribution is 2.31. The normalized spacial score (nSPS) is 19.6. The molecule has 1 saturated heterocycles. The van der Waals surface area contributed by atoms with Gasteiger partial charge in [0, 0.05) is 5.69 Å². The fourth-order valence-electron chi connectivity index (χ4n) is 3.22. The van der Waals surface area contributed by atoms with E-state index in [2.05, 4.69) is 10.1 Å². The van der Waals surface area contributed by atoms with Crippen molar-refractivity contribution in [2.75, 3.05) is 18.1 Å². The number of rotatable bonds is 4. The lowest BCUT2D eigenvalue weighted by molar-refractivity contribution is 0.0528. The number of ether oxygens (including phenoxy) is 1. The Morgan fingerprint density at radius 1 is 1.44 bits per heavy atom. The summed E-state index contributed by atoms with van der Waals surface area (Å²) in [5.74, 6) is -0.0647. The third-order valence-corrected chi connectivity index (χ3v) is 6.25. The number of carbonyl (C=O) groups is 1. The maximum absolute atomic E-state index is 12.4. The van der Waals surface area contributed by atoms with Gasteiger partial charge < -0.3 is 4.74 Å². The van der Waals surface area contributed by atoms with Gasteiger partial charge in [-0.25, -0.2) is 22.9 Å². The number of esters is 1. The first-order valence-electron chi connectivity index (χ1n) is 8.50. The SMILES string of the molecule is CCOC(=O)c1cc(C(C)C)nc2c1c(C)nn2C1CCS(=O)(=O)C1. The molecule has 0 N–H and O–H groups in total. The summed E-state index contributed by atoms with van der Waals surface area (Å²) in [6.45, 7) is 7.85. The summed E-state index contributed by atoms with van der Waals surface area (Å²) in [5, 5.41) is 5.17. The van der Waals surface area contributed by atoms with Crippen LogP contribution in [0.4, 0.5) is 0 Å². The Kier molecular flexibility index (Phi) is 4.57. The molecule has 8 heteroatoms. The van der Waals surface area contributed by atoms with Crippen molar-refractivity contribution in [3.05, 3.63) is 23.0 Å². The molecule has 0 bridgehead atoms. The number of aryl methyl sites for hydroxylation is 1. The van der Waals surface area contributed by atoms with E-state index in [9.17, 15) is 13.2 Å². The number of sulfone groups is 1. The molecule has 2 aromatic rings. The fourth-order valence-corrected chi connectivity index (χ4v) is 4.91. The molecule has 3 rings (SSSR count). The summed E-state index contributed by atoms with van der Waals surface area (Å²) in [5.41, 5.74) is 2.43. The number of pyridine rings is 1. The van der Waals surface area contributed by atoms with Crippen LogP contribution in [0.25, 0.3) is 11.0 Å². The highest BCUT2D eigenvalue weighted by atomic mass is 32.2. The van der Waals surface area contributed by atoms with Crippen molar-refractivity contribution in [1.29, 1.82) is 0 Å². The van der Waals surface area contributed by atoms with Crippen molar-refractivity contribution in [1.82, 2.24) is 14.8 Å². The van der Waals surface area contributed by atoms with E-state index in [0.29, 0.717) is 28.7 Å². The first kappa shape index (κ1) is 17.8. The average Bonchev–Trinajstić information content (AvgIpc) is 3.06. The topological polar surface area (TPSA) is 91.2 Å². The maximum Gasteiger partial charge on any atom is 0.339 e. The molecule has 1 atom stereocenters. The molecule has 136 valence electrons. The lowest BCUT2D eigenvalue weighted by atomic mass is 10.0. The molecule has 7 nitrogen and oxygen atoms in total. The van der Waals surface area contributed by atoms with Gasteiger partial charge in [0.15, 0.2) is 15.5 Å². The number of fused-ring (bicyclic) bond motifs is 1. The van der Waals surface area contributed by atoms with Crippen LogP contribution in [-0.4, -0.2) is 47.3 Å². The summed E-state index contributed by atoms with van der Waals surface area (Å²) in [4.78, 5) is 17.1. The van der Waals surface area contributed by atoms with Crippen molar-refractivity contribution in [2.24, 2.45) is 0 Å². The van der Waals surface area contributed by atoms with Crippen LogP contribution in [0.15, 0.2) is 6.07 Å². The molecular formula is C17H23N3O4S. The minimum absolute atomic E-state index is 0.0611. The van der Waals surface area contributed by atoms with Crippen LogP contribution in [0.5, 0.6) is 0 Å². The molecule has 0 amide bonds. The van der Waals surface area contributed by atoms with Crippen LogP contribution in [0.3, 0.4) is 0 Å². The van der Waals surface area contributed by atoms with Crippen molar-refractivity contribution >= 4 is 26.8 Å². The number of aromatic nitrogens is 3. The predicted octanol–water partition coefficient (Wildman–Crippen LogP) is 2.40. The Labute approximate surface area is 147 Å². The second-order valence-corrected chi connectivity index (χ2v) is 8.98. The van der Waals surface area contributed by atoms with Crippen LogP contribution in [0.1, 0.15) is 60.9 Å². The third kappa shape index (κ3) is 3.27. The Balaban J connectivity index is 2.22. The monoisotopic (exact) mass is 365 g/mol. The van der Waals surface area contributed by atoms with Crippen molar-refractivity contribution < 1.29 is 17.9 Å². The zero-order valence-corrected chi connectivity index (χ0v) is 15.8. The van der Waals surface area contributed by atoms with E-state index in [4.69, 9.17) is 4.74 Å². The lowest BCUT2D eigenvalue weighted by Gasteiger charge is -2.13. The molecule has 0 saturated carbocycles. The van der Waals surface area contributed by atoms with Crippen LogP contribution in [0.2, 0.25) is 0 Å². The van der Waals surface area contributed by atoms with E-state index >= 15 is 0 Å². The van der Waals surface area contributed by atoms with Crippen LogP contribution >= 0.6 is 0 Å². The molecule has 1 aliphatic heterocycles. The van der Waals surface area contributed by atoms with Gasteiger partial charge in [0.1, 0.15) is 0 Å². The highest BCUT2D eigenvalue weighted by molar-refractivity contribution is 7.91. The quantitative estimate of drug-likeness (QED) is 0.773. The van der Waals surface area contributed by atoms with Gasteiger partial charge in [-0.3, -0.25) is 0 Å². The molecule has 3 heterocycles. The summed E-state index contributed by atoms with van der Waals surface area (Å²) in [7, 11) is -3.04. The summed E-state index contributed by atoms with van der Waals surface area (Å²) in [6.07, 6.45) is 0.515. The average molecular weight is 365 g/mol. The minimum Gasteiger partial charge on any atom is -0.462 e. The van der Waals surface area contributed by atoms with E-state index in [0.717, 1.165) is 5.69 Å². The van der Waals surface area contributed by atoms with Gasteiger partial charge in [-0.2, -0.15) is 5.10 Å². The van der Waals surface area contributed by atoms with Crippen molar-refractivity contribution in [3.63, 3.8) is 0 Å². The second-order valence-electron chi connectivity index (χ2n) is 6.76. The fraction of sp³-hybridized carbons (Fsp3) is 0.588. The molecule has 1 aliphatic rings. The smallest absolute Gasteiger partial charge is 0.339 e. The van der Waals surface area contributed by atoms with Gasteiger partial charge in [-0.05, 0) is 32.3 Å². The van der Waals surface area contributed by atoms with E-state index in [1.807, 2.05) is 20.8 Å². The number of nitrogens with zero attached hydrogens (tertiary/aromatic N) is 3. The predicted molar refractivity (Wildman–Crippen MR) is 94.6 cm³/mol. The van der Waals surface area contributed by atoms with Crippen LogP contribution in [-0.2, 0) is 14.6 Å². The molecule has 0 radical (unpaired) electrons. The number of hydrogen-bond acceptors (Lipinski definition) is 6. The minimum atomic E-state index is -3.04. The van der Waals surface area contributed by atoms with E-state index in [1.165, 1.54) is 0 Å². The largest absolute Gasteiger partial charge is 0.462 e. The molecule has 0 aliphatic carbocycles. The zero-order valence-electron chi connectivity index (χ0n) is 14.9. The van der Waals surface area contributed by atoms with E-state index in [-0.39, 0.29) is 30.1 Å². The molecule has 1 fully saturated rings. The molecule has 25 heavy (non-hydrogen) atoms. The van der Waals surface area contributed by atoms with Gasteiger partial charge in [-0.15, -0.1) is 0 Å². The second kappa shape index (κ2) is 6.40. The van der Waals surface area contributed by atoms with Crippen LogP contribution in [0, 0.1) is 6.92 Å². The van der Waals surface area contributed by atoms with E-state index < -0.39 is 15.8 Å². The Hall–Kier alpha value is -1.96. The molecule has 1 unspecified atom stereocenters. The third-order valence-electron chi connectivity index (χ3n) is 4.50. The van der Waals surface area contributed by atoms with Gasteiger partial charge >= 0.3 is 5.97 Å². The van der Waals surface area contributed by atoms with Crippen LogP contribution < -0.4 is 0 Å². The maximum atomic E-state index is 12.4. The number of carbonyl (C=O) groups excluding carboxylic acids is 1. The zero-order chi connectivity index (χ0) is 18.4. The molecular weight excluding hydrogens is 342 g/mol. The molecule has 0 aromatic carbocycles. The first-order chi connectivity index (χ1) is 11.7. The first-order valence-corrected chi connectivity index (χ1v) is 10.3. The van der Waals surface area contributed by atoms with Gasteiger partial charge in [0.05, 0.1) is 40.8 Å². The van der Waals surface area contributed by atoms with Gasteiger partial charge in [-0.1, -0.05) is 13.8 Å². The summed E-state index contributed by atoms with van der Waals surface area (Å²) < 4.78 is 30.6. The highest BCUT2D eigenvalue weighted by Gasteiger charge is 2.32. The Bertz CT molecular complexity index is 931. The summed E-state index contributed by atoms with van der Waals surface area (Å²) in [6, 6.07) is 1.52. The standard InChI is InChI=1S/C17H23N3O4S/c1-5-24-17(21)13-8-14(10(2)3)18-16-15(13)11(4)19-20(16)12-6-7-25(22,23)9-12/h8,10,12H,5-7,9H2,1-4H3. The summed E-state index contributed by atoms with van der Waals surface area (Å²) >= 11 is 0. The van der Waals surface area contributed by atoms with Gasteiger partial charge in [0.25, 0.3) is 0 Å². The van der Waals surface area contributed by atoms with E-state index in [1.54, 1.807) is 17.7 Å². The number of hydrogen-bond donors (Lipinski definition) is 0. The van der Waals surface area contributed by atoms with Gasteiger partial charge in [0.2, 0.25) is 0 Å². The molecule has 0 spiro atoms. The lowest BCUT2D eigenvalue weighted by Crippen LogP contribution is -2.14. The Morgan fingerprint density at radius 2 is 2.16 bits per heavy atom. The van der Waals surface area contributed by atoms with Crippen molar-refractivity contribution in [3.8, 4) is 0 Å². The molecule has 2 aromatic heterocycles. The Morgan fingerprint density at radius 3 is 2.72 bits per heavy atom. The van der Waals surface area contributed by atoms with Crippen molar-refractivity contribution in [2.45, 2.75) is 46.1 Å².